The third kappa shape index (κ3) is 5.86. The number of hydrogen-bond acceptors (Lipinski definition) is 3. The van der Waals surface area contributed by atoms with Crippen LogP contribution in [0.5, 0.6) is 5.75 Å². The Kier molecular flexibility index (Phi) is 8.28. The maximum absolute atomic E-state index is 13.6. The first kappa shape index (κ1) is 25.3. The second-order valence-corrected chi connectivity index (χ2v) is 10.1. The molecule has 172 valence electrons. The Bertz CT molecular complexity index is 1010. The Labute approximate surface area is 193 Å². The van der Waals surface area contributed by atoms with Gasteiger partial charge in [-0.1, -0.05) is 71.2 Å². The third-order valence-corrected chi connectivity index (χ3v) is 5.73. The molecule has 0 spiro atoms. The van der Waals surface area contributed by atoms with Crippen molar-refractivity contribution in [2.45, 2.75) is 67.0 Å². The van der Waals surface area contributed by atoms with Gasteiger partial charge >= 0.3 is 6.09 Å². The lowest BCUT2D eigenvalue weighted by Crippen LogP contribution is -2.40. The van der Waals surface area contributed by atoms with Gasteiger partial charge in [0.05, 0.1) is 33.8 Å². The van der Waals surface area contributed by atoms with Gasteiger partial charge in [-0.25, -0.2) is 4.79 Å². The highest BCUT2D eigenvalue weighted by molar-refractivity contribution is 6.42. The van der Waals surface area contributed by atoms with E-state index in [1.807, 2.05) is 34.6 Å². The normalized spacial score (nSPS) is 12.9. The molecule has 0 saturated heterocycles. The number of amides is 1. The van der Waals surface area contributed by atoms with Crippen molar-refractivity contribution in [3.8, 4) is 5.75 Å². The van der Waals surface area contributed by atoms with Crippen LogP contribution >= 0.6 is 23.2 Å². The van der Waals surface area contributed by atoms with Crippen molar-refractivity contribution in [2.24, 2.45) is 11.3 Å². The topological polar surface area (TPSA) is 80.6 Å². The zero-order chi connectivity index (χ0) is 23.5. The third-order valence-electron chi connectivity index (χ3n) is 5.00. The summed E-state index contributed by atoms with van der Waals surface area (Å²) in [6, 6.07) is 2.50. The minimum absolute atomic E-state index is 0.144. The van der Waals surface area contributed by atoms with Gasteiger partial charge in [0.1, 0.15) is 5.75 Å². The Morgan fingerprint density at radius 3 is 2.26 bits per heavy atom. The summed E-state index contributed by atoms with van der Waals surface area (Å²) >= 11 is 12.5. The van der Waals surface area contributed by atoms with E-state index in [4.69, 9.17) is 27.9 Å². The number of hydrogen-bond donors (Lipinski definition) is 2. The highest BCUT2D eigenvalue weighted by Gasteiger charge is 2.35. The van der Waals surface area contributed by atoms with E-state index in [1.165, 1.54) is 0 Å². The van der Waals surface area contributed by atoms with Crippen molar-refractivity contribution >= 4 is 40.1 Å². The average molecular weight is 471 g/mol. The van der Waals surface area contributed by atoms with Crippen LogP contribution in [0.15, 0.2) is 16.9 Å². The summed E-state index contributed by atoms with van der Waals surface area (Å²) in [6.45, 7) is 12.7. The largest absolute Gasteiger partial charge is 0.491 e. The summed E-state index contributed by atoms with van der Waals surface area (Å²) in [5.41, 5.74) is -0.270. The van der Waals surface area contributed by atoms with Crippen LogP contribution in [0.4, 0.5) is 4.79 Å². The molecule has 0 saturated carbocycles. The van der Waals surface area contributed by atoms with Gasteiger partial charge in [-0.05, 0) is 29.9 Å². The van der Waals surface area contributed by atoms with E-state index in [1.54, 1.807) is 16.7 Å². The van der Waals surface area contributed by atoms with Crippen LogP contribution in [0.1, 0.15) is 66.1 Å². The monoisotopic (exact) mass is 470 g/mol. The number of nitrogens with zero attached hydrogens (tertiary/aromatic N) is 1. The number of benzene rings is 1. The standard InChI is InChI=1S/C23H32Cl2N2O4/c1-7-8-9-31-19-14-10-16(24)17(25)11-15(14)21(28)27(12-13(2)3)18(19)20(23(4,5)6)26-22(29)30/h10-11,13,20,26H,7-9,12H2,1-6H3,(H,29,30). The van der Waals surface area contributed by atoms with E-state index in [0.717, 1.165) is 12.8 Å². The van der Waals surface area contributed by atoms with E-state index < -0.39 is 17.6 Å². The lowest BCUT2D eigenvalue weighted by molar-refractivity contribution is 0.170. The molecule has 0 bridgehead atoms. The van der Waals surface area contributed by atoms with E-state index in [2.05, 4.69) is 12.2 Å². The Hall–Kier alpha value is -1.92. The fourth-order valence-electron chi connectivity index (χ4n) is 3.55. The number of carboxylic acid groups (broad SMARTS) is 1. The Morgan fingerprint density at radius 2 is 1.77 bits per heavy atom. The van der Waals surface area contributed by atoms with Crippen LogP contribution in [-0.2, 0) is 6.54 Å². The molecule has 2 aromatic rings. The summed E-state index contributed by atoms with van der Waals surface area (Å²) in [6.07, 6.45) is 0.580. The average Bonchev–Trinajstić information content (AvgIpc) is 2.64. The van der Waals surface area contributed by atoms with Gasteiger partial charge < -0.3 is 19.7 Å². The molecule has 1 unspecified atom stereocenters. The molecule has 0 fully saturated rings. The Morgan fingerprint density at radius 1 is 1.19 bits per heavy atom. The van der Waals surface area contributed by atoms with Crippen molar-refractivity contribution in [3.05, 3.63) is 38.2 Å². The minimum Gasteiger partial charge on any atom is -0.491 e. The molecular formula is C23H32Cl2N2O4. The smallest absolute Gasteiger partial charge is 0.405 e. The number of nitrogens with one attached hydrogen (secondary N) is 1. The number of halogens is 2. The molecule has 31 heavy (non-hydrogen) atoms. The van der Waals surface area contributed by atoms with Crippen LogP contribution in [0.25, 0.3) is 10.8 Å². The van der Waals surface area contributed by atoms with Gasteiger partial charge in [0.25, 0.3) is 5.56 Å². The molecule has 1 heterocycles. The molecule has 1 atom stereocenters. The van der Waals surface area contributed by atoms with Crippen LogP contribution < -0.4 is 15.6 Å². The SMILES string of the molecule is CCCCOc1c(C(NC(=O)O)C(C)(C)C)n(CC(C)C)c(=O)c2cc(Cl)c(Cl)cc12. The number of rotatable bonds is 8. The molecule has 1 aromatic carbocycles. The number of pyridine rings is 1. The summed E-state index contributed by atoms with van der Waals surface area (Å²) in [4.78, 5) is 25.3. The summed E-state index contributed by atoms with van der Waals surface area (Å²) in [7, 11) is 0. The zero-order valence-electron chi connectivity index (χ0n) is 19.0. The van der Waals surface area contributed by atoms with Gasteiger partial charge in [0.15, 0.2) is 0 Å². The Balaban J connectivity index is 3.01. The van der Waals surface area contributed by atoms with Crippen molar-refractivity contribution in [2.75, 3.05) is 6.61 Å². The number of carbonyl (C=O) groups is 1. The van der Waals surface area contributed by atoms with Gasteiger partial charge in [0, 0.05) is 11.9 Å². The molecule has 1 amide bonds. The summed E-state index contributed by atoms with van der Waals surface area (Å²) < 4.78 is 7.86. The fourth-order valence-corrected chi connectivity index (χ4v) is 3.88. The van der Waals surface area contributed by atoms with E-state index in [-0.39, 0.29) is 16.5 Å². The highest BCUT2D eigenvalue weighted by atomic mass is 35.5. The van der Waals surface area contributed by atoms with Crippen LogP contribution in [-0.4, -0.2) is 22.4 Å². The highest BCUT2D eigenvalue weighted by Crippen LogP contribution is 2.42. The van der Waals surface area contributed by atoms with E-state index in [0.29, 0.717) is 40.4 Å². The first-order valence-corrected chi connectivity index (χ1v) is 11.3. The van der Waals surface area contributed by atoms with E-state index >= 15 is 0 Å². The van der Waals surface area contributed by atoms with Crippen molar-refractivity contribution in [3.63, 3.8) is 0 Å². The van der Waals surface area contributed by atoms with E-state index in [9.17, 15) is 14.7 Å². The molecule has 0 aliphatic heterocycles. The van der Waals surface area contributed by atoms with Crippen molar-refractivity contribution in [1.82, 2.24) is 9.88 Å². The molecule has 0 aliphatic carbocycles. The van der Waals surface area contributed by atoms with Gasteiger partial charge in [-0.3, -0.25) is 4.79 Å². The first-order chi connectivity index (χ1) is 14.4. The quantitative estimate of drug-likeness (QED) is 0.431. The van der Waals surface area contributed by atoms with Gasteiger partial charge in [-0.15, -0.1) is 0 Å². The predicted octanol–water partition coefficient (Wildman–Crippen LogP) is 6.50. The molecule has 0 radical (unpaired) electrons. The van der Waals surface area contributed by atoms with Gasteiger partial charge in [-0.2, -0.15) is 0 Å². The maximum atomic E-state index is 13.6. The van der Waals surface area contributed by atoms with Crippen LogP contribution in [0.2, 0.25) is 10.0 Å². The molecular weight excluding hydrogens is 439 g/mol. The zero-order valence-corrected chi connectivity index (χ0v) is 20.5. The number of fused-ring (bicyclic) bond motifs is 1. The second-order valence-electron chi connectivity index (χ2n) is 9.29. The molecule has 1 aromatic heterocycles. The molecule has 2 N–H and O–H groups in total. The van der Waals surface area contributed by atoms with Crippen LogP contribution in [0.3, 0.4) is 0 Å². The first-order valence-electron chi connectivity index (χ1n) is 10.6. The number of ether oxygens (including phenoxy) is 1. The summed E-state index contributed by atoms with van der Waals surface area (Å²) in [5.74, 6) is 0.613. The van der Waals surface area contributed by atoms with Crippen molar-refractivity contribution in [1.29, 1.82) is 0 Å². The number of unbranched alkanes of at least 4 members (excludes halogenated alkanes) is 1. The fraction of sp³-hybridized carbons (Fsp3) is 0.565. The molecule has 8 heteroatoms. The predicted molar refractivity (Wildman–Crippen MR) is 127 cm³/mol. The lowest BCUT2D eigenvalue weighted by Gasteiger charge is -2.34. The molecule has 0 aliphatic rings. The second kappa shape index (κ2) is 10.1. The minimum atomic E-state index is -1.17. The van der Waals surface area contributed by atoms with Gasteiger partial charge in [0.2, 0.25) is 0 Å². The van der Waals surface area contributed by atoms with Crippen LogP contribution in [0, 0.1) is 11.3 Å². The molecule has 6 nitrogen and oxygen atoms in total. The number of aromatic nitrogens is 1. The maximum Gasteiger partial charge on any atom is 0.405 e. The lowest BCUT2D eigenvalue weighted by atomic mass is 9.83. The van der Waals surface area contributed by atoms with Crippen molar-refractivity contribution < 1.29 is 14.6 Å². The molecule has 2 rings (SSSR count). The summed E-state index contributed by atoms with van der Waals surface area (Å²) in [5, 5.41) is 13.7.